The lowest BCUT2D eigenvalue weighted by Crippen LogP contribution is -2.16. The van der Waals surface area contributed by atoms with Gasteiger partial charge in [0.05, 0.1) is 0 Å². The van der Waals surface area contributed by atoms with Crippen LogP contribution in [0.25, 0.3) is 0 Å². The van der Waals surface area contributed by atoms with Crippen molar-refractivity contribution in [2.24, 2.45) is 0 Å². The number of hydrogen-bond donors (Lipinski definition) is 2. The molecule has 0 aromatic carbocycles. The van der Waals surface area contributed by atoms with E-state index in [1.165, 1.54) is 6.33 Å². The van der Waals surface area contributed by atoms with Crippen molar-refractivity contribution < 1.29 is 0 Å². The molecule has 0 bridgehead atoms. The van der Waals surface area contributed by atoms with Crippen molar-refractivity contribution in [3.63, 3.8) is 0 Å². The first kappa shape index (κ1) is 10.5. The van der Waals surface area contributed by atoms with E-state index >= 15 is 0 Å². The van der Waals surface area contributed by atoms with Gasteiger partial charge in [0.2, 0.25) is 0 Å². The van der Waals surface area contributed by atoms with E-state index in [-0.39, 0.29) is 0 Å². The zero-order valence-electron chi connectivity index (χ0n) is 8.63. The van der Waals surface area contributed by atoms with Crippen LogP contribution in [0, 0.1) is 11.5 Å². The molecular formula is C9H14N4Si. The van der Waals surface area contributed by atoms with Gasteiger partial charge in [-0.25, -0.2) is 9.97 Å². The molecule has 0 fully saturated rings. The smallest absolute Gasteiger partial charge is 0.144 e. The Hall–Kier alpha value is -1.54. The molecule has 0 amide bonds. The Labute approximate surface area is 84.8 Å². The van der Waals surface area contributed by atoms with E-state index in [0.717, 1.165) is 0 Å². The summed E-state index contributed by atoms with van der Waals surface area (Å²) in [6, 6.07) is 0. The van der Waals surface area contributed by atoms with E-state index in [0.29, 0.717) is 17.2 Å². The molecule has 1 aromatic rings. The fourth-order valence-electron chi connectivity index (χ4n) is 0.792. The van der Waals surface area contributed by atoms with E-state index in [1.807, 2.05) is 0 Å². The lowest BCUT2D eigenvalue weighted by atomic mass is 10.3. The summed E-state index contributed by atoms with van der Waals surface area (Å²) in [5.74, 6) is 3.66. The first-order chi connectivity index (χ1) is 6.40. The first-order valence-electron chi connectivity index (χ1n) is 4.29. The third-order valence-electron chi connectivity index (χ3n) is 1.47. The molecule has 5 heteroatoms. The Morgan fingerprint density at radius 1 is 1.14 bits per heavy atom. The number of rotatable bonds is 0. The minimum absolute atomic E-state index is 0.350. The van der Waals surface area contributed by atoms with Gasteiger partial charge in [0.15, 0.2) is 0 Å². The fraction of sp³-hybridized carbons (Fsp3) is 0.333. The largest absolute Gasteiger partial charge is 0.382 e. The average Bonchev–Trinajstić information content (AvgIpc) is 2.01. The second kappa shape index (κ2) is 3.68. The molecule has 0 saturated carbocycles. The second-order valence-corrected chi connectivity index (χ2v) is 8.77. The molecule has 0 aliphatic rings. The summed E-state index contributed by atoms with van der Waals surface area (Å²) >= 11 is 0. The van der Waals surface area contributed by atoms with Gasteiger partial charge in [-0.05, 0) is 0 Å². The Bertz CT molecular complexity index is 377. The van der Waals surface area contributed by atoms with Gasteiger partial charge in [-0.1, -0.05) is 25.6 Å². The summed E-state index contributed by atoms with van der Waals surface area (Å²) in [7, 11) is -1.41. The molecule has 0 aliphatic carbocycles. The van der Waals surface area contributed by atoms with Crippen molar-refractivity contribution in [2.45, 2.75) is 19.6 Å². The SMILES string of the molecule is C[Si](C)(C)C#Cc1c(N)ncnc1N. The van der Waals surface area contributed by atoms with Gasteiger partial charge in [0.25, 0.3) is 0 Å². The fourth-order valence-corrected chi connectivity index (χ4v) is 1.29. The molecule has 74 valence electrons. The van der Waals surface area contributed by atoms with Crippen molar-refractivity contribution in [3.05, 3.63) is 11.9 Å². The Morgan fingerprint density at radius 3 is 2.07 bits per heavy atom. The van der Waals surface area contributed by atoms with E-state index in [2.05, 4.69) is 41.1 Å². The van der Waals surface area contributed by atoms with Crippen LogP contribution in [0.4, 0.5) is 11.6 Å². The lowest BCUT2D eigenvalue weighted by molar-refractivity contribution is 1.17. The van der Waals surface area contributed by atoms with Crippen LogP contribution in [-0.4, -0.2) is 18.0 Å². The van der Waals surface area contributed by atoms with Crippen molar-refractivity contribution in [1.29, 1.82) is 0 Å². The molecule has 0 atom stereocenters. The van der Waals surface area contributed by atoms with Gasteiger partial charge in [-0.2, -0.15) is 0 Å². The summed E-state index contributed by atoms with van der Waals surface area (Å²) < 4.78 is 0. The highest BCUT2D eigenvalue weighted by atomic mass is 28.3. The van der Waals surface area contributed by atoms with E-state index in [1.54, 1.807) is 0 Å². The highest BCUT2D eigenvalue weighted by molar-refractivity contribution is 6.83. The van der Waals surface area contributed by atoms with Crippen molar-refractivity contribution in [1.82, 2.24) is 9.97 Å². The van der Waals surface area contributed by atoms with Crippen molar-refractivity contribution in [2.75, 3.05) is 11.5 Å². The van der Waals surface area contributed by atoms with E-state index in [9.17, 15) is 0 Å². The number of nitrogens with zero attached hydrogens (tertiary/aromatic N) is 2. The number of nitrogen functional groups attached to an aromatic ring is 2. The van der Waals surface area contributed by atoms with Crippen LogP contribution in [-0.2, 0) is 0 Å². The van der Waals surface area contributed by atoms with E-state index in [4.69, 9.17) is 11.5 Å². The molecule has 0 radical (unpaired) electrons. The number of hydrogen-bond acceptors (Lipinski definition) is 4. The molecule has 0 saturated heterocycles. The molecule has 0 spiro atoms. The molecule has 1 rings (SSSR count). The quantitative estimate of drug-likeness (QED) is 0.488. The Morgan fingerprint density at radius 2 is 1.64 bits per heavy atom. The average molecular weight is 206 g/mol. The van der Waals surface area contributed by atoms with E-state index < -0.39 is 8.07 Å². The van der Waals surface area contributed by atoms with Crippen LogP contribution in [0.3, 0.4) is 0 Å². The Kier molecular flexibility index (Phi) is 2.77. The maximum atomic E-state index is 5.63. The molecule has 0 aliphatic heterocycles. The van der Waals surface area contributed by atoms with Crippen LogP contribution in [0.15, 0.2) is 6.33 Å². The minimum atomic E-state index is -1.41. The molecule has 4 nitrogen and oxygen atoms in total. The van der Waals surface area contributed by atoms with Gasteiger partial charge < -0.3 is 11.5 Å². The third kappa shape index (κ3) is 2.75. The normalized spacial score (nSPS) is 10.5. The first-order valence-corrected chi connectivity index (χ1v) is 7.79. The maximum absolute atomic E-state index is 5.63. The summed E-state index contributed by atoms with van der Waals surface area (Å²) in [6.07, 6.45) is 1.34. The van der Waals surface area contributed by atoms with Crippen LogP contribution >= 0.6 is 0 Å². The standard InChI is InChI=1S/C9H14N4Si/c1-14(2,3)5-4-7-8(10)12-6-13-9(7)11/h6H,1-3H3,(H4,10,11,12,13). The van der Waals surface area contributed by atoms with Crippen molar-refractivity contribution >= 4 is 19.7 Å². The summed E-state index contributed by atoms with van der Waals surface area (Å²) in [5, 5.41) is 0. The molecule has 1 heterocycles. The minimum Gasteiger partial charge on any atom is -0.382 e. The third-order valence-corrected chi connectivity index (χ3v) is 2.34. The number of aromatic nitrogens is 2. The van der Waals surface area contributed by atoms with Gasteiger partial charge in [0, 0.05) is 0 Å². The molecule has 0 unspecified atom stereocenters. The Balaban J connectivity index is 3.13. The highest BCUT2D eigenvalue weighted by Gasteiger charge is 2.09. The zero-order chi connectivity index (χ0) is 10.8. The van der Waals surface area contributed by atoms with Crippen LogP contribution in [0.1, 0.15) is 5.56 Å². The molecule has 1 aromatic heterocycles. The monoisotopic (exact) mass is 206 g/mol. The predicted molar refractivity (Wildman–Crippen MR) is 61.1 cm³/mol. The number of nitrogens with two attached hydrogens (primary N) is 2. The zero-order valence-corrected chi connectivity index (χ0v) is 9.63. The maximum Gasteiger partial charge on any atom is 0.144 e. The van der Waals surface area contributed by atoms with Gasteiger partial charge in [-0.3, -0.25) is 0 Å². The lowest BCUT2D eigenvalue weighted by Gasteiger charge is -2.04. The van der Waals surface area contributed by atoms with Crippen LogP contribution in [0.2, 0.25) is 19.6 Å². The summed E-state index contributed by atoms with van der Waals surface area (Å²) in [5.41, 5.74) is 15.0. The van der Waals surface area contributed by atoms with Crippen LogP contribution < -0.4 is 11.5 Å². The molecule has 4 N–H and O–H groups in total. The van der Waals surface area contributed by atoms with Gasteiger partial charge >= 0.3 is 0 Å². The second-order valence-electron chi connectivity index (χ2n) is 4.02. The van der Waals surface area contributed by atoms with Crippen molar-refractivity contribution in [3.8, 4) is 11.5 Å². The summed E-state index contributed by atoms with van der Waals surface area (Å²) in [4.78, 5) is 7.68. The number of anilines is 2. The molecular weight excluding hydrogens is 192 g/mol. The topological polar surface area (TPSA) is 77.8 Å². The molecule has 14 heavy (non-hydrogen) atoms. The van der Waals surface area contributed by atoms with Gasteiger partial charge in [-0.15, -0.1) is 5.54 Å². The predicted octanol–water partition coefficient (Wildman–Crippen LogP) is 0.870. The summed E-state index contributed by atoms with van der Waals surface area (Å²) in [6.45, 7) is 6.45. The highest BCUT2D eigenvalue weighted by Crippen LogP contribution is 2.12. The van der Waals surface area contributed by atoms with Gasteiger partial charge in [0.1, 0.15) is 31.6 Å². The van der Waals surface area contributed by atoms with Crippen LogP contribution in [0.5, 0.6) is 0 Å².